The van der Waals surface area contributed by atoms with Crippen LogP contribution in [0.3, 0.4) is 0 Å². The van der Waals surface area contributed by atoms with Gasteiger partial charge in [0.2, 0.25) is 17.7 Å². The molecule has 340 valence electrons. The number of carboxylic acids is 1. The topological polar surface area (TPSA) is 204 Å². The van der Waals surface area contributed by atoms with E-state index < -0.39 is 67.2 Å². The van der Waals surface area contributed by atoms with Gasteiger partial charge in [-0.2, -0.15) is 0 Å². The van der Waals surface area contributed by atoms with Crippen molar-refractivity contribution in [3.8, 4) is 0 Å². The molecule has 0 aromatic carbocycles. The first kappa shape index (κ1) is 53.7. The molecule has 0 radical (unpaired) electrons. The van der Waals surface area contributed by atoms with Gasteiger partial charge in [0.05, 0.1) is 12.7 Å². The van der Waals surface area contributed by atoms with E-state index in [0.29, 0.717) is 12.8 Å². The van der Waals surface area contributed by atoms with E-state index in [1.807, 2.05) is 0 Å². The van der Waals surface area contributed by atoms with Gasteiger partial charge in [-0.25, -0.2) is 0 Å². The molecule has 3 amide bonds. The van der Waals surface area contributed by atoms with E-state index in [1.165, 1.54) is 130 Å². The highest BCUT2D eigenvalue weighted by Crippen LogP contribution is 2.23. The highest BCUT2D eigenvalue weighted by molar-refractivity contribution is 5.92. The number of aliphatic carboxylic acids is 1. The van der Waals surface area contributed by atoms with E-state index in [1.54, 1.807) is 0 Å². The van der Waals surface area contributed by atoms with Crippen molar-refractivity contribution in [1.29, 1.82) is 0 Å². The molecule has 1 heterocycles. The lowest BCUT2D eigenvalue weighted by Crippen LogP contribution is -2.59. The Morgan fingerprint density at radius 2 is 0.966 bits per heavy atom. The van der Waals surface area contributed by atoms with Crippen LogP contribution in [-0.2, 0) is 28.7 Å². The van der Waals surface area contributed by atoms with Crippen molar-refractivity contribution in [3.63, 3.8) is 0 Å². The molecule has 0 saturated carbocycles. The second kappa shape index (κ2) is 34.4. The van der Waals surface area contributed by atoms with E-state index >= 15 is 0 Å². The number of carboxylic acid groups (broad SMARTS) is 1. The summed E-state index contributed by atoms with van der Waals surface area (Å²) in [6, 6.07) is -2.51. The Bertz CT molecular complexity index is 1050. The van der Waals surface area contributed by atoms with Crippen LogP contribution in [0, 0.1) is 5.92 Å². The number of hydrogen-bond donors (Lipinski definition) is 7. The number of nitrogens with one attached hydrogen (secondary N) is 3. The van der Waals surface area contributed by atoms with Gasteiger partial charge in [-0.3, -0.25) is 19.2 Å². The maximum absolute atomic E-state index is 14.0. The Kier molecular flexibility index (Phi) is 31.8. The van der Waals surface area contributed by atoms with Crippen LogP contribution in [0.4, 0.5) is 0 Å². The van der Waals surface area contributed by atoms with Gasteiger partial charge in [-0.15, -0.1) is 0 Å². The zero-order chi connectivity index (χ0) is 43.0. The van der Waals surface area contributed by atoms with Gasteiger partial charge in [0.1, 0.15) is 30.4 Å². The van der Waals surface area contributed by atoms with Gasteiger partial charge in [-0.05, 0) is 26.2 Å². The predicted molar refractivity (Wildman–Crippen MR) is 228 cm³/mol. The molecular formula is C45H85N3O10. The van der Waals surface area contributed by atoms with Crippen LogP contribution in [0.5, 0.6) is 0 Å². The molecule has 7 atom stereocenters. The van der Waals surface area contributed by atoms with Crippen LogP contribution in [0.2, 0.25) is 0 Å². The number of aliphatic hydroxyl groups is 3. The summed E-state index contributed by atoms with van der Waals surface area (Å²) in [5.41, 5.74) is 0. The summed E-state index contributed by atoms with van der Waals surface area (Å²) in [4.78, 5) is 51.7. The Hall–Kier alpha value is -2.32. The van der Waals surface area contributed by atoms with Crippen molar-refractivity contribution in [3.05, 3.63) is 0 Å². The Morgan fingerprint density at radius 3 is 1.38 bits per heavy atom. The highest BCUT2D eigenvalue weighted by Gasteiger charge is 2.43. The van der Waals surface area contributed by atoms with E-state index in [-0.39, 0.29) is 24.7 Å². The quantitative estimate of drug-likeness (QED) is 0.0314. The lowest BCUT2D eigenvalue weighted by atomic mass is 9.92. The van der Waals surface area contributed by atoms with Crippen LogP contribution >= 0.6 is 0 Å². The summed E-state index contributed by atoms with van der Waals surface area (Å²) in [6.45, 7) is 5.51. The van der Waals surface area contributed by atoms with Crippen molar-refractivity contribution in [2.75, 3.05) is 13.7 Å². The average Bonchev–Trinajstić information content (AvgIpc) is 3.21. The van der Waals surface area contributed by atoms with Crippen LogP contribution in [0.25, 0.3) is 0 Å². The number of unbranched alkanes of at least 4 members (excludes halogenated alkanes) is 22. The minimum atomic E-state index is -1.62. The fraction of sp³-hybridized carbons (Fsp3) is 0.911. The third-order valence-electron chi connectivity index (χ3n) is 11.6. The third-order valence-corrected chi connectivity index (χ3v) is 11.6. The van der Waals surface area contributed by atoms with Crippen molar-refractivity contribution in [2.24, 2.45) is 5.92 Å². The van der Waals surface area contributed by atoms with Crippen molar-refractivity contribution in [2.45, 2.75) is 243 Å². The minimum Gasteiger partial charge on any atom is -0.481 e. The molecule has 1 rings (SSSR count). The predicted octanol–water partition coefficient (Wildman–Crippen LogP) is 7.21. The fourth-order valence-electron chi connectivity index (χ4n) is 7.67. The molecule has 13 heteroatoms. The van der Waals surface area contributed by atoms with E-state index in [4.69, 9.17) is 9.47 Å². The number of carbonyl (C=O) groups excluding carboxylic acids is 3. The summed E-state index contributed by atoms with van der Waals surface area (Å²) >= 11 is 0. The zero-order valence-corrected chi connectivity index (χ0v) is 36.9. The van der Waals surface area contributed by atoms with Crippen molar-refractivity contribution < 1.29 is 49.1 Å². The van der Waals surface area contributed by atoms with Crippen molar-refractivity contribution >= 4 is 23.7 Å². The van der Waals surface area contributed by atoms with E-state index in [2.05, 4.69) is 29.8 Å². The molecule has 1 aliphatic heterocycles. The number of rotatable bonds is 37. The monoisotopic (exact) mass is 828 g/mol. The molecule has 0 spiro atoms. The first-order valence-electron chi connectivity index (χ1n) is 23.3. The molecule has 58 heavy (non-hydrogen) atoms. The number of likely N-dealkylation sites (N-methyl/N-ethyl adjacent to an activating group) is 1. The van der Waals surface area contributed by atoms with E-state index in [9.17, 15) is 39.6 Å². The molecule has 0 bridgehead atoms. The Morgan fingerprint density at radius 1 is 0.552 bits per heavy atom. The lowest BCUT2D eigenvalue weighted by Gasteiger charge is -2.39. The molecule has 0 aliphatic carbocycles. The molecule has 13 nitrogen and oxygen atoms in total. The highest BCUT2D eigenvalue weighted by atomic mass is 16.7. The molecule has 0 aromatic heterocycles. The van der Waals surface area contributed by atoms with Crippen LogP contribution < -0.4 is 16.0 Å². The standard InChI is InChI=1S/C45H85N3O10/c1-5-7-9-11-13-15-17-19-21-23-25-27-29-35(30-28-26-24-22-20-18-16-14-12-10-8-6-2)42(54)48-37(33-57-45-41(53)40(52)39(51)34(3)58-45)44(56)47-36(43(55)46-4)31-32-38(49)50/h34-37,39-41,45,51-53H,5-33H2,1-4H3,(H,46,55)(H,47,56)(H,48,54)(H,49,50)/t34-,36+,37-,39+,40-,41-,45+/m0/s1. The van der Waals surface area contributed by atoms with Crippen LogP contribution in [0.15, 0.2) is 0 Å². The average molecular weight is 828 g/mol. The zero-order valence-electron chi connectivity index (χ0n) is 36.9. The van der Waals surface area contributed by atoms with E-state index in [0.717, 1.165) is 38.5 Å². The largest absolute Gasteiger partial charge is 0.481 e. The summed E-state index contributed by atoms with van der Waals surface area (Å²) < 4.78 is 11.3. The first-order valence-corrected chi connectivity index (χ1v) is 23.3. The maximum atomic E-state index is 14.0. The SMILES string of the molecule is CCCCCCCCCCCCCCC(CCCCCCCCCCCCCC)C(=O)N[C@@H](CO[C@@H]1O[C@@H](C)[C@@H](O)[C@H](O)[C@@H]1O)C(=O)N[C@H](CCC(=O)O)C(=O)NC. The summed E-state index contributed by atoms with van der Waals surface area (Å²) in [6.07, 6.45) is 23.1. The minimum absolute atomic E-state index is 0.172. The third kappa shape index (κ3) is 24.7. The summed E-state index contributed by atoms with van der Waals surface area (Å²) in [5, 5.41) is 48.1. The van der Waals surface area contributed by atoms with Gasteiger partial charge < -0.3 is 45.9 Å². The van der Waals surface area contributed by atoms with Gasteiger partial charge >= 0.3 is 5.97 Å². The fourth-order valence-corrected chi connectivity index (χ4v) is 7.67. The van der Waals surface area contributed by atoms with Gasteiger partial charge in [0, 0.05) is 19.4 Å². The molecule has 0 unspecified atom stereocenters. The molecule has 1 saturated heterocycles. The van der Waals surface area contributed by atoms with Gasteiger partial charge in [-0.1, -0.05) is 168 Å². The second-order valence-electron chi connectivity index (χ2n) is 16.7. The molecule has 7 N–H and O–H groups in total. The van der Waals surface area contributed by atoms with Gasteiger partial charge in [0.15, 0.2) is 6.29 Å². The smallest absolute Gasteiger partial charge is 0.303 e. The van der Waals surface area contributed by atoms with Crippen LogP contribution in [0.1, 0.15) is 201 Å². The number of amides is 3. The molecule has 0 aromatic rings. The molecule has 1 aliphatic rings. The maximum Gasteiger partial charge on any atom is 0.303 e. The number of hydrogen-bond acceptors (Lipinski definition) is 9. The van der Waals surface area contributed by atoms with Crippen molar-refractivity contribution in [1.82, 2.24) is 16.0 Å². The summed E-state index contributed by atoms with van der Waals surface area (Å²) in [5.74, 6) is -3.15. The molecule has 1 fully saturated rings. The number of aliphatic hydroxyl groups excluding tert-OH is 3. The van der Waals surface area contributed by atoms with Crippen LogP contribution in [-0.4, -0.2) is 101 Å². The Balaban J connectivity index is 2.93. The number of ether oxygens (including phenoxy) is 2. The summed E-state index contributed by atoms with van der Waals surface area (Å²) in [7, 11) is 1.38. The first-order chi connectivity index (χ1) is 28.0. The lowest BCUT2D eigenvalue weighted by molar-refractivity contribution is -0.293. The normalized spacial score (nSPS) is 20.4. The molecular weight excluding hydrogens is 743 g/mol. The van der Waals surface area contributed by atoms with Gasteiger partial charge in [0.25, 0.3) is 0 Å². The number of carbonyl (C=O) groups is 4. The Labute approximate surface area is 350 Å². The second-order valence-corrected chi connectivity index (χ2v) is 16.7.